The van der Waals surface area contributed by atoms with Gasteiger partial charge in [-0.05, 0) is 12.8 Å². The molecule has 12 heavy (non-hydrogen) atoms. The van der Waals surface area contributed by atoms with Gasteiger partial charge in [0.25, 0.3) is 0 Å². The molecule has 0 aromatic carbocycles. The van der Waals surface area contributed by atoms with Crippen LogP contribution in [0.5, 0.6) is 0 Å². The summed E-state index contributed by atoms with van der Waals surface area (Å²) in [5, 5.41) is 9.91. The molecule has 1 aliphatic carbocycles. The summed E-state index contributed by atoms with van der Waals surface area (Å²) in [6, 6.07) is 0. The van der Waals surface area contributed by atoms with Gasteiger partial charge in [-0.15, -0.1) is 6.58 Å². The first kappa shape index (κ1) is 9.75. The van der Waals surface area contributed by atoms with Crippen LogP contribution >= 0.6 is 0 Å². The minimum absolute atomic E-state index is 0.455. The molecule has 0 unspecified atom stereocenters. The third-order valence-corrected chi connectivity index (χ3v) is 2.35. The zero-order valence-corrected chi connectivity index (χ0v) is 7.59. The van der Waals surface area contributed by atoms with Crippen LogP contribution < -0.4 is 0 Å². The summed E-state index contributed by atoms with van der Waals surface area (Å²) in [6.45, 7) is 4.02. The second-order valence-electron chi connectivity index (χ2n) is 3.46. The molecular formula is C10H18O2. The fourth-order valence-corrected chi connectivity index (χ4v) is 1.64. The zero-order chi connectivity index (χ0) is 8.86. The van der Waals surface area contributed by atoms with Crippen LogP contribution in [0.3, 0.4) is 0 Å². The Morgan fingerprint density at radius 1 is 1.25 bits per heavy atom. The summed E-state index contributed by atoms with van der Waals surface area (Å²) < 4.78 is 5.34. The highest BCUT2D eigenvalue weighted by molar-refractivity contribution is 4.74. The van der Waals surface area contributed by atoms with Gasteiger partial charge in [0, 0.05) is 12.8 Å². The first-order valence-corrected chi connectivity index (χ1v) is 4.74. The molecule has 0 aromatic heterocycles. The Kier molecular flexibility index (Phi) is 3.76. The average molecular weight is 170 g/mol. The highest BCUT2D eigenvalue weighted by atomic mass is 16.6. The lowest BCUT2D eigenvalue weighted by Crippen LogP contribution is -2.31. The molecule has 1 fully saturated rings. The quantitative estimate of drug-likeness (QED) is 0.400. The second-order valence-corrected chi connectivity index (χ2v) is 3.46. The van der Waals surface area contributed by atoms with Gasteiger partial charge in [0.1, 0.15) is 0 Å². The van der Waals surface area contributed by atoms with Crippen molar-refractivity contribution in [2.75, 3.05) is 6.61 Å². The number of hydrogen-bond donors (Lipinski definition) is 1. The molecule has 1 aliphatic rings. The molecule has 1 saturated carbocycles. The minimum Gasteiger partial charge on any atom is -0.365 e. The molecule has 2 heteroatoms. The normalized spacial score (nSPS) is 23.1. The van der Waals surface area contributed by atoms with Crippen LogP contribution in [-0.4, -0.2) is 17.5 Å². The molecule has 0 atom stereocenters. The molecule has 2 nitrogen and oxygen atoms in total. The van der Waals surface area contributed by atoms with E-state index in [4.69, 9.17) is 4.74 Å². The van der Waals surface area contributed by atoms with Crippen LogP contribution in [0.4, 0.5) is 0 Å². The molecular weight excluding hydrogens is 152 g/mol. The third-order valence-electron chi connectivity index (χ3n) is 2.35. The van der Waals surface area contributed by atoms with E-state index >= 15 is 0 Å². The topological polar surface area (TPSA) is 29.5 Å². The number of hydrogen-bond acceptors (Lipinski definition) is 2. The van der Waals surface area contributed by atoms with E-state index < -0.39 is 5.79 Å². The first-order chi connectivity index (χ1) is 5.77. The van der Waals surface area contributed by atoms with E-state index in [1.165, 1.54) is 12.8 Å². The molecule has 70 valence electrons. The van der Waals surface area contributed by atoms with Crippen molar-refractivity contribution in [3.8, 4) is 0 Å². The maximum absolute atomic E-state index is 9.91. The minimum atomic E-state index is -0.856. The number of rotatable bonds is 3. The molecule has 1 N–H and O–H groups in total. The van der Waals surface area contributed by atoms with Gasteiger partial charge in [-0.1, -0.05) is 18.9 Å². The average Bonchev–Trinajstić information content (AvgIpc) is 2.27. The van der Waals surface area contributed by atoms with Crippen molar-refractivity contribution in [3.63, 3.8) is 0 Å². The fraction of sp³-hybridized carbons (Fsp3) is 0.800. The van der Waals surface area contributed by atoms with Gasteiger partial charge in [0.15, 0.2) is 5.79 Å². The zero-order valence-electron chi connectivity index (χ0n) is 7.59. The molecule has 0 heterocycles. The summed E-state index contributed by atoms with van der Waals surface area (Å²) in [5.74, 6) is -0.856. The van der Waals surface area contributed by atoms with Gasteiger partial charge in [0.05, 0.1) is 6.61 Å². The van der Waals surface area contributed by atoms with E-state index in [-0.39, 0.29) is 0 Å². The summed E-state index contributed by atoms with van der Waals surface area (Å²) in [6.07, 6.45) is 7.84. The standard InChI is InChI=1S/C10H18O2/c1-2-9-12-10(11)7-5-3-4-6-8-10/h2,11H,1,3-9H2. The lowest BCUT2D eigenvalue weighted by atomic mass is 10.1. The van der Waals surface area contributed by atoms with Crippen LogP contribution in [0.25, 0.3) is 0 Å². The fourth-order valence-electron chi connectivity index (χ4n) is 1.64. The smallest absolute Gasteiger partial charge is 0.165 e. The van der Waals surface area contributed by atoms with Crippen LogP contribution in [-0.2, 0) is 4.74 Å². The Morgan fingerprint density at radius 3 is 2.33 bits per heavy atom. The van der Waals surface area contributed by atoms with E-state index in [1.54, 1.807) is 6.08 Å². The SMILES string of the molecule is C=CCOC1(O)CCCCCC1. The molecule has 0 radical (unpaired) electrons. The molecule has 0 spiro atoms. The van der Waals surface area contributed by atoms with Crippen LogP contribution in [0.1, 0.15) is 38.5 Å². The van der Waals surface area contributed by atoms with Crippen LogP contribution in [0, 0.1) is 0 Å². The van der Waals surface area contributed by atoms with Crippen molar-refractivity contribution in [2.45, 2.75) is 44.3 Å². The van der Waals surface area contributed by atoms with Crippen LogP contribution in [0.2, 0.25) is 0 Å². The largest absolute Gasteiger partial charge is 0.365 e. The van der Waals surface area contributed by atoms with Crippen molar-refractivity contribution < 1.29 is 9.84 Å². The molecule has 0 aromatic rings. The predicted octanol–water partition coefficient (Wildman–Crippen LogP) is 2.23. The first-order valence-electron chi connectivity index (χ1n) is 4.74. The Hall–Kier alpha value is -0.340. The molecule has 0 bridgehead atoms. The highest BCUT2D eigenvalue weighted by Gasteiger charge is 2.27. The monoisotopic (exact) mass is 170 g/mol. The van der Waals surface area contributed by atoms with Gasteiger partial charge >= 0.3 is 0 Å². The lowest BCUT2D eigenvalue weighted by Gasteiger charge is -2.25. The molecule has 1 rings (SSSR count). The number of ether oxygens (including phenoxy) is 1. The highest BCUT2D eigenvalue weighted by Crippen LogP contribution is 2.27. The summed E-state index contributed by atoms with van der Waals surface area (Å²) in [4.78, 5) is 0. The predicted molar refractivity (Wildman–Crippen MR) is 48.8 cm³/mol. The third kappa shape index (κ3) is 2.95. The van der Waals surface area contributed by atoms with Crippen molar-refractivity contribution in [3.05, 3.63) is 12.7 Å². The molecule has 0 amide bonds. The van der Waals surface area contributed by atoms with E-state index in [1.807, 2.05) is 0 Å². The van der Waals surface area contributed by atoms with Gasteiger partial charge in [-0.3, -0.25) is 0 Å². The van der Waals surface area contributed by atoms with E-state index in [0.717, 1.165) is 25.7 Å². The Labute approximate surface area is 74.2 Å². The van der Waals surface area contributed by atoms with E-state index in [2.05, 4.69) is 6.58 Å². The van der Waals surface area contributed by atoms with Gasteiger partial charge in [-0.2, -0.15) is 0 Å². The summed E-state index contributed by atoms with van der Waals surface area (Å²) in [7, 11) is 0. The van der Waals surface area contributed by atoms with Gasteiger partial charge in [-0.25, -0.2) is 0 Å². The van der Waals surface area contributed by atoms with Crippen molar-refractivity contribution >= 4 is 0 Å². The van der Waals surface area contributed by atoms with Crippen molar-refractivity contribution in [2.24, 2.45) is 0 Å². The maximum atomic E-state index is 9.91. The summed E-state index contributed by atoms with van der Waals surface area (Å²) in [5.41, 5.74) is 0. The Balaban J connectivity index is 2.36. The van der Waals surface area contributed by atoms with E-state index in [9.17, 15) is 5.11 Å². The Bertz CT molecular complexity index is 135. The van der Waals surface area contributed by atoms with Gasteiger partial charge < -0.3 is 9.84 Å². The van der Waals surface area contributed by atoms with Crippen LogP contribution in [0.15, 0.2) is 12.7 Å². The maximum Gasteiger partial charge on any atom is 0.165 e. The molecule has 0 aliphatic heterocycles. The second kappa shape index (κ2) is 4.63. The van der Waals surface area contributed by atoms with E-state index in [0.29, 0.717) is 6.61 Å². The lowest BCUT2D eigenvalue weighted by molar-refractivity contribution is -0.203. The van der Waals surface area contributed by atoms with Crippen molar-refractivity contribution in [1.82, 2.24) is 0 Å². The summed E-state index contributed by atoms with van der Waals surface area (Å²) >= 11 is 0. The Morgan fingerprint density at radius 2 is 1.83 bits per heavy atom. The van der Waals surface area contributed by atoms with Gasteiger partial charge in [0.2, 0.25) is 0 Å². The van der Waals surface area contributed by atoms with Crippen molar-refractivity contribution in [1.29, 1.82) is 0 Å². The molecule has 0 saturated heterocycles. The number of aliphatic hydroxyl groups is 1.